The maximum Gasteiger partial charge on any atom is 0.262 e. The molecule has 4 N–H and O–H groups in total. The van der Waals surface area contributed by atoms with E-state index in [1.54, 1.807) is 158 Å². The molecule has 25 nitrogen and oxygen atoms in total. The van der Waals surface area contributed by atoms with Gasteiger partial charge in [0.25, 0.3) is 17.4 Å². The quantitative estimate of drug-likeness (QED) is 0.0141. The van der Waals surface area contributed by atoms with Crippen molar-refractivity contribution in [1.29, 1.82) is 0 Å². The first-order chi connectivity index (χ1) is 55.7. The zero-order valence-electron chi connectivity index (χ0n) is 60.7. The van der Waals surface area contributed by atoms with Gasteiger partial charge in [0.1, 0.15) is 143 Å². The van der Waals surface area contributed by atoms with Crippen LogP contribution < -0.4 is 59.4 Å². The number of epoxide rings is 4. The SMILES string of the molecule is C=c1c2cc(Oc3cccc(OCC4CO4)c3)c3c4c(Oc5cccc(OCC6CO6)c5)cc5c6c(cc(Oc7cccc(OCC8CO8)c7)c(c7c(Oc8cccc(OCC9CO9)c8)cc(c(=O)n1C(Cc1ccc(O)cc1)C(=O)Nc1ccncc1)c2c37)c64)C(=O)N(C(Cc1ccc(O)cc1)C(=O)Nc1ccncc1)C5=O. The normalized spacial score (nSPS) is 17.0. The van der Waals surface area contributed by atoms with Crippen molar-refractivity contribution in [2.45, 2.75) is 49.3 Å². The Labute approximate surface area is 648 Å². The lowest BCUT2D eigenvalue weighted by molar-refractivity contribution is -0.120. The maximum absolute atomic E-state index is 16.9. The summed E-state index contributed by atoms with van der Waals surface area (Å²) in [5.74, 6) is -0.486. The molecule has 25 heteroatoms. The van der Waals surface area contributed by atoms with Gasteiger partial charge < -0.3 is 77.7 Å². The molecule has 6 unspecified atom stereocenters. The number of hydrogen-bond acceptors (Lipinski definition) is 21. The van der Waals surface area contributed by atoms with Crippen molar-refractivity contribution >= 4 is 95.4 Å². The Morgan fingerprint density at radius 2 is 0.746 bits per heavy atom. The summed E-state index contributed by atoms with van der Waals surface area (Å²) >= 11 is 0. The number of carbonyl (C=O) groups excluding carboxylic acids is 4. The van der Waals surface area contributed by atoms with Crippen LogP contribution in [0.2, 0.25) is 0 Å². The van der Waals surface area contributed by atoms with Gasteiger partial charge in [-0.25, -0.2) is 0 Å². The summed E-state index contributed by atoms with van der Waals surface area (Å²) < 4.78 is 78.4. The van der Waals surface area contributed by atoms with Gasteiger partial charge in [-0.05, 0) is 132 Å². The number of aromatic hydroxyl groups is 2. The maximum atomic E-state index is 16.9. The van der Waals surface area contributed by atoms with Crippen molar-refractivity contribution in [2.24, 2.45) is 0 Å². The van der Waals surface area contributed by atoms with E-state index in [0.717, 1.165) is 4.90 Å². The Morgan fingerprint density at radius 1 is 0.412 bits per heavy atom. The first kappa shape index (κ1) is 70.5. The molecule has 8 heterocycles. The third-order valence-corrected chi connectivity index (χ3v) is 20.5. The van der Waals surface area contributed by atoms with Gasteiger partial charge in [0.2, 0.25) is 11.8 Å². The molecule has 5 aliphatic heterocycles. The number of rotatable bonds is 30. The van der Waals surface area contributed by atoms with Gasteiger partial charge in [0.05, 0.1) is 42.9 Å². The standard InChI is InChI=1S/C89H68N6O19/c1-48-67-36-73(111-59-10-2-6-55(32-59)103-40-63-44-107-63)79-81-75(113-61-12-4-8-57(34-61)105-42-65-46-109-65)38-69-78-70(89(102)95(88(69)101)72(31-50-16-20-54(97)21-17-50)86(99)93-52-24-28-91-29-25-52)39-76(114-62-13-5-9-58(35-62)106-43-66-47-110-66)82(84(78)81)80-74(112-60-11-3-7-56(33-60)104-41-64-45-108-64)37-68(77(67)83(79)80)87(100)94(48)71(30-49-14-18-53(96)19-15-49)85(98)92-51-22-26-90-27-23-51/h2-29,32-39,63-66,71-72,96-97H,1,30-31,40-47H2,(H,90,92,98)(H,91,93,99). The van der Waals surface area contributed by atoms with E-state index in [0.29, 0.717) is 88.1 Å². The van der Waals surface area contributed by atoms with Crippen LogP contribution in [0.15, 0.2) is 224 Å². The minimum absolute atomic E-state index is 0.00444. The predicted octanol–water partition coefficient (Wildman–Crippen LogP) is 13.9. The number of benzene rings is 11. The second-order valence-corrected chi connectivity index (χ2v) is 28.4. The van der Waals surface area contributed by atoms with E-state index in [-0.39, 0.29) is 175 Å². The molecule has 6 atom stereocenters. The molecule has 0 saturated carbocycles. The number of amides is 4. The van der Waals surface area contributed by atoms with Crippen molar-refractivity contribution in [2.75, 3.05) is 63.5 Å². The summed E-state index contributed by atoms with van der Waals surface area (Å²) in [5, 5.41) is 29.3. The fourth-order valence-electron chi connectivity index (χ4n) is 14.6. The second kappa shape index (κ2) is 29.4. The second-order valence-electron chi connectivity index (χ2n) is 28.4. The Balaban J connectivity index is 0.944. The van der Waals surface area contributed by atoms with Gasteiger partial charge in [-0.2, -0.15) is 0 Å². The number of nitrogens with one attached hydrogen (secondary N) is 2. The number of aromatic nitrogens is 3. The zero-order chi connectivity index (χ0) is 77.2. The number of phenols is 2. The van der Waals surface area contributed by atoms with E-state index in [2.05, 4.69) is 20.6 Å². The van der Waals surface area contributed by atoms with Crippen LogP contribution in [0.25, 0.3) is 60.4 Å². The number of anilines is 2. The lowest BCUT2D eigenvalue weighted by atomic mass is 9.81. The molecule has 11 aromatic carbocycles. The van der Waals surface area contributed by atoms with E-state index in [1.807, 2.05) is 0 Å². The molecule has 0 spiro atoms. The number of pyridine rings is 3. The van der Waals surface area contributed by atoms with Crippen molar-refractivity contribution in [3.05, 3.63) is 257 Å². The molecule has 0 bridgehead atoms. The highest BCUT2D eigenvalue weighted by Gasteiger charge is 2.44. The molecule has 0 aliphatic carbocycles. The van der Waals surface area contributed by atoms with E-state index >= 15 is 24.0 Å². The van der Waals surface area contributed by atoms with Crippen LogP contribution in [0.1, 0.15) is 37.9 Å². The first-order valence-corrected chi connectivity index (χ1v) is 37.1. The van der Waals surface area contributed by atoms with Crippen LogP contribution in [-0.2, 0) is 41.4 Å². The minimum Gasteiger partial charge on any atom is -0.508 e. The van der Waals surface area contributed by atoms with E-state index < -0.39 is 41.3 Å². The Hall–Kier alpha value is -13.9. The third kappa shape index (κ3) is 14.3. The average molecular weight is 1530 g/mol. The number of hydrogen-bond donors (Lipinski definition) is 4. The largest absolute Gasteiger partial charge is 0.508 e. The molecule has 3 aromatic heterocycles. The molecular weight excluding hydrogens is 1460 g/mol. The Morgan fingerprint density at radius 3 is 1.12 bits per heavy atom. The Kier molecular flexibility index (Phi) is 18.2. The summed E-state index contributed by atoms with van der Waals surface area (Å²) in [6.45, 7) is 7.83. The number of imide groups is 1. The van der Waals surface area contributed by atoms with E-state index in [9.17, 15) is 10.2 Å². The molecular formula is C89H68N6O19. The summed E-state index contributed by atoms with van der Waals surface area (Å²) in [5.41, 5.74) is 0.926. The molecule has 4 saturated heterocycles. The molecule has 0 radical (unpaired) electrons. The predicted molar refractivity (Wildman–Crippen MR) is 420 cm³/mol. The fourth-order valence-corrected chi connectivity index (χ4v) is 14.6. The monoisotopic (exact) mass is 1520 g/mol. The molecule has 19 rings (SSSR count). The summed E-state index contributed by atoms with van der Waals surface area (Å²) in [6.07, 6.45) is 5.25. The van der Waals surface area contributed by atoms with Crippen LogP contribution in [0, 0.1) is 0 Å². The van der Waals surface area contributed by atoms with E-state index in [1.165, 1.54) is 65.8 Å². The van der Waals surface area contributed by atoms with Gasteiger partial charge in [0, 0.05) is 127 Å². The van der Waals surface area contributed by atoms with Gasteiger partial charge in [-0.1, -0.05) is 55.1 Å². The highest BCUT2D eigenvalue weighted by molar-refractivity contribution is 6.44. The van der Waals surface area contributed by atoms with Gasteiger partial charge in [0.15, 0.2) is 0 Å². The molecule has 4 amide bonds. The summed E-state index contributed by atoms with van der Waals surface area (Å²) in [7, 11) is 0. The van der Waals surface area contributed by atoms with Crippen LogP contribution in [0.4, 0.5) is 11.4 Å². The van der Waals surface area contributed by atoms with Crippen molar-refractivity contribution < 1.29 is 86.2 Å². The third-order valence-electron chi connectivity index (χ3n) is 20.5. The van der Waals surface area contributed by atoms with Crippen molar-refractivity contribution in [3.8, 4) is 80.5 Å². The molecule has 4 fully saturated rings. The number of fused-ring (bicyclic) bond motifs is 2. The van der Waals surface area contributed by atoms with Crippen LogP contribution >= 0.6 is 0 Å². The van der Waals surface area contributed by atoms with Crippen molar-refractivity contribution in [1.82, 2.24) is 19.4 Å². The van der Waals surface area contributed by atoms with Crippen molar-refractivity contribution in [3.63, 3.8) is 0 Å². The van der Waals surface area contributed by atoms with Crippen LogP contribution in [0.5, 0.6) is 80.5 Å². The lowest BCUT2D eigenvalue weighted by Crippen LogP contribution is -2.53. The topological polar surface area (TPSA) is 308 Å². The van der Waals surface area contributed by atoms with Gasteiger partial charge in [-0.15, -0.1) is 0 Å². The molecule has 5 aliphatic rings. The molecule has 114 heavy (non-hydrogen) atoms. The molecule has 14 aromatic rings. The first-order valence-electron chi connectivity index (χ1n) is 37.1. The highest BCUT2D eigenvalue weighted by atomic mass is 16.6. The van der Waals surface area contributed by atoms with Crippen LogP contribution in [0.3, 0.4) is 0 Å². The number of carbonyl (C=O) groups is 4. The zero-order valence-corrected chi connectivity index (χ0v) is 60.7. The van der Waals surface area contributed by atoms with Crippen LogP contribution in [-0.4, -0.2) is 137 Å². The van der Waals surface area contributed by atoms with E-state index in [4.69, 9.17) is 63.4 Å². The van der Waals surface area contributed by atoms with Gasteiger partial charge >= 0.3 is 0 Å². The smallest absolute Gasteiger partial charge is 0.262 e. The number of ether oxygens (including phenoxy) is 12. The lowest BCUT2D eigenvalue weighted by Gasteiger charge is -2.34. The summed E-state index contributed by atoms with van der Waals surface area (Å²) in [6, 6.07) is 50.1. The average Bonchev–Trinajstić information content (AvgIpc) is 1.65. The number of phenolic OH excluding ortho intramolecular Hbond substituents is 2. The molecule has 568 valence electrons. The summed E-state index contributed by atoms with van der Waals surface area (Å²) in [4.78, 5) is 90.6. The van der Waals surface area contributed by atoms with Gasteiger partial charge in [-0.3, -0.25) is 43.4 Å². The highest BCUT2D eigenvalue weighted by Crippen LogP contribution is 2.58. The Bertz CT molecular complexity index is 5990. The number of nitrogens with zero attached hydrogens (tertiary/aromatic N) is 4. The fraction of sp³-hybridized carbons (Fsp3) is 0.180. The minimum atomic E-state index is -1.59.